The third-order valence-electron chi connectivity index (χ3n) is 19.5. The predicted octanol–water partition coefficient (Wildman–Crippen LogP) is 18.5. The van der Waals surface area contributed by atoms with E-state index in [1.807, 2.05) is 84.9 Å². The smallest absolute Gasteiger partial charge is 0.527 e. The van der Waals surface area contributed by atoms with Crippen LogP contribution in [-0.2, 0) is 0 Å². The Balaban J connectivity index is 0.0000000964. The van der Waals surface area contributed by atoms with E-state index in [1.165, 1.54) is 32.8 Å². The Morgan fingerprint density at radius 2 is 0.755 bits per heavy atom. The number of nitrogens with zero attached hydrogens (tertiary/aromatic N) is 4. The molecule has 0 saturated carbocycles. The summed E-state index contributed by atoms with van der Waals surface area (Å²) in [5, 5.41) is 6.99. The lowest BCUT2D eigenvalue weighted by Gasteiger charge is -2.28. The third kappa shape index (κ3) is 7.18. The highest BCUT2D eigenvalue weighted by molar-refractivity contribution is 6.78. The molecule has 6 aliphatic rings. The van der Waals surface area contributed by atoms with Crippen LogP contribution >= 0.6 is 0 Å². The van der Waals surface area contributed by atoms with Crippen molar-refractivity contribution in [2.45, 2.75) is 0 Å². The fourth-order valence-corrected chi connectivity index (χ4v) is 15.5. The van der Waals surface area contributed by atoms with Crippen LogP contribution in [0, 0.1) is 0 Å². The van der Waals surface area contributed by atoms with Crippen LogP contribution in [0.25, 0.3) is 116 Å². The summed E-state index contributed by atoms with van der Waals surface area (Å²) in [7, 11) is -0.717. The van der Waals surface area contributed by atoms with Gasteiger partial charge in [-0.05, 0) is 112 Å². The Kier molecular flexibility index (Phi) is 10.7. The van der Waals surface area contributed by atoms with Crippen molar-refractivity contribution in [2.75, 3.05) is 14.4 Å². The van der Waals surface area contributed by atoms with Gasteiger partial charge < -0.3 is 50.6 Å². The topological polar surface area (TPSA) is 94.9 Å². The van der Waals surface area contributed by atoms with E-state index in [-0.39, 0.29) is 21.2 Å². The van der Waals surface area contributed by atoms with Gasteiger partial charge in [0.15, 0.2) is 17.7 Å². The van der Waals surface area contributed by atoms with E-state index in [2.05, 4.69) is 213 Å². The predicted molar refractivity (Wildman–Crippen MR) is 378 cm³/mol. The number of hydrogen-bond donors (Lipinski definition) is 0. The quantitative estimate of drug-likeness (QED) is 0.156. The molecule has 438 valence electrons. The van der Waals surface area contributed by atoms with Crippen molar-refractivity contribution < 1.29 is 31.6 Å². The number of para-hydroxylation sites is 11. The van der Waals surface area contributed by atoms with Crippen molar-refractivity contribution in [3.05, 3.63) is 285 Å². The minimum Gasteiger partial charge on any atom is -0.536 e. The fourth-order valence-electron chi connectivity index (χ4n) is 15.5. The molecule has 0 saturated heterocycles. The molecule has 0 unspecified atom stereocenters. The molecule has 17 aromatic rings. The average molecular weight is 1210 g/mol. The van der Waals surface area contributed by atoms with Crippen LogP contribution in [0.1, 0.15) is 0 Å². The maximum absolute atomic E-state index is 6.70. The van der Waals surface area contributed by atoms with Crippen molar-refractivity contribution in [3.63, 3.8) is 0 Å². The molecule has 6 aliphatic heterocycles. The highest BCUT2D eigenvalue weighted by Crippen LogP contribution is 2.55. The molecule has 0 amide bonds. The van der Waals surface area contributed by atoms with E-state index >= 15 is 0 Å². The van der Waals surface area contributed by atoms with Gasteiger partial charge in [0, 0.05) is 54.7 Å². The normalized spacial score (nSPS) is 13.7. The molecular formula is C80H47B3N4O7. The van der Waals surface area contributed by atoms with Crippen molar-refractivity contribution in [2.24, 2.45) is 0 Å². The van der Waals surface area contributed by atoms with Gasteiger partial charge in [0.25, 0.3) is 0 Å². The zero-order valence-corrected chi connectivity index (χ0v) is 50.0. The molecule has 11 nitrogen and oxygen atoms in total. The number of fused-ring (bicyclic) bond motifs is 34. The SMILES string of the molecule is c1ccc2c(c1)B1Oc3c(-c4cccc5c4oc4ccccc45)cccc3N1c1occc1-2.c1ccc2c(c1)OB1c3ccc(-n4c5ccccc5c5ccccc54)cc3-c3c(oc4ccccc34)N12.c1ccc2c(c1)OB1c3ccccc3-c3c(oc4ccccc34)N12. The number of rotatable bonds is 2. The van der Waals surface area contributed by atoms with E-state index in [1.54, 1.807) is 6.26 Å². The average Bonchev–Trinajstić information content (AvgIpc) is 1.56. The van der Waals surface area contributed by atoms with E-state index in [0.29, 0.717) is 0 Å². The minimum atomic E-state index is -0.272. The van der Waals surface area contributed by atoms with Gasteiger partial charge in [-0.3, -0.25) is 0 Å². The standard InChI is InChI=1S/C32H19BN2O2.C28H16BNO3.C20H12BNO2/c1-4-12-26-21(9-1)22-10-2-5-13-27(22)34(26)20-17-18-25-24(19-20)31-23-11-3-7-15-29(23)36-32(31)35-28-14-6-8-16-30(28)37-33(25)35;1-3-12-23-17(7-1)22-15-16-31-28(22)30-24-13-6-11-21(27(24)33-29(23)30)20-10-5-9-19-18-8-2-4-14-25(18)32-26(19)20;1-3-9-15-13(7-1)19-14-8-2-5-11-17(14)23-20(19)22-16-10-4-6-12-18(16)24-21(15)22/h1-19H;1-16H;1-12H. The molecule has 5 aromatic heterocycles. The Morgan fingerprint density at radius 3 is 1.44 bits per heavy atom. The van der Waals surface area contributed by atoms with Crippen LogP contribution in [-0.4, -0.2) is 25.7 Å². The first kappa shape index (κ1) is 51.3. The van der Waals surface area contributed by atoms with Crippen LogP contribution in [0.5, 0.6) is 17.2 Å². The molecule has 0 radical (unpaired) electrons. The van der Waals surface area contributed by atoms with E-state index < -0.39 is 0 Å². The summed E-state index contributed by atoms with van der Waals surface area (Å²) in [5.41, 5.74) is 22.5. The van der Waals surface area contributed by atoms with Gasteiger partial charge in [-0.2, -0.15) is 0 Å². The second-order valence-corrected chi connectivity index (χ2v) is 24.4. The van der Waals surface area contributed by atoms with Gasteiger partial charge in [0.1, 0.15) is 39.6 Å². The van der Waals surface area contributed by atoms with Gasteiger partial charge >= 0.3 is 21.2 Å². The molecule has 0 spiro atoms. The first-order valence-corrected chi connectivity index (χ1v) is 31.7. The number of anilines is 6. The Bertz CT molecular complexity index is 5990. The maximum Gasteiger partial charge on any atom is 0.527 e. The summed E-state index contributed by atoms with van der Waals surface area (Å²) in [6.45, 7) is 0. The summed E-state index contributed by atoms with van der Waals surface area (Å²) >= 11 is 0. The van der Waals surface area contributed by atoms with Crippen LogP contribution in [0.4, 0.5) is 34.7 Å². The van der Waals surface area contributed by atoms with Crippen molar-refractivity contribution >= 4 is 138 Å². The van der Waals surface area contributed by atoms with Crippen molar-refractivity contribution in [1.29, 1.82) is 0 Å². The minimum absolute atomic E-state index is 0.174. The summed E-state index contributed by atoms with van der Waals surface area (Å²) in [4.78, 5) is 6.54. The van der Waals surface area contributed by atoms with E-state index in [0.717, 1.165) is 151 Å². The Hall–Kier alpha value is -12.4. The van der Waals surface area contributed by atoms with Crippen LogP contribution in [0.3, 0.4) is 0 Å². The second kappa shape index (κ2) is 19.6. The molecule has 14 heteroatoms. The first-order chi connectivity index (χ1) is 46.7. The molecule has 12 aromatic carbocycles. The molecule has 11 heterocycles. The zero-order chi connectivity index (χ0) is 61.3. The highest BCUT2D eigenvalue weighted by Gasteiger charge is 2.51. The molecule has 23 rings (SSSR count). The largest absolute Gasteiger partial charge is 0.536 e. The van der Waals surface area contributed by atoms with Crippen LogP contribution in [0.15, 0.2) is 303 Å². The number of benzene rings is 12. The summed E-state index contributed by atoms with van der Waals surface area (Å²) in [6.07, 6.45) is 1.75. The van der Waals surface area contributed by atoms with Crippen molar-refractivity contribution in [1.82, 2.24) is 4.57 Å². The Labute approximate surface area is 538 Å². The monoisotopic (exact) mass is 1210 g/mol. The number of aromatic nitrogens is 1. The molecule has 94 heavy (non-hydrogen) atoms. The summed E-state index contributed by atoms with van der Waals surface area (Å²) < 4.78 is 46.9. The lowest BCUT2D eigenvalue weighted by atomic mass is 9.65. The second-order valence-electron chi connectivity index (χ2n) is 24.4. The van der Waals surface area contributed by atoms with Gasteiger partial charge in [-0.25, -0.2) is 0 Å². The molecule has 0 atom stereocenters. The van der Waals surface area contributed by atoms with Crippen LogP contribution in [0.2, 0.25) is 0 Å². The third-order valence-corrected chi connectivity index (χ3v) is 19.5. The first-order valence-electron chi connectivity index (χ1n) is 31.7. The van der Waals surface area contributed by atoms with Gasteiger partial charge in [-0.15, -0.1) is 0 Å². The zero-order valence-electron chi connectivity index (χ0n) is 50.0. The summed E-state index contributed by atoms with van der Waals surface area (Å²) in [5.74, 6) is 5.13. The Morgan fingerprint density at radius 1 is 0.287 bits per heavy atom. The lowest BCUT2D eigenvalue weighted by molar-refractivity contribution is 0.569. The highest BCUT2D eigenvalue weighted by atomic mass is 16.5. The molecule has 0 bridgehead atoms. The number of hydrogen-bond acceptors (Lipinski definition) is 10. The maximum atomic E-state index is 6.70. The molecule has 0 N–H and O–H groups in total. The lowest BCUT2D eigenvalue weighted by Crippen LogP contribution is -2.50. The molecule has 0 aliphatic carbocycles. The van der Waals surface area contributed by atoms with Gasteiger partial charge in [-0.1, -0.05) is 200 Å². The number of furan rings is 4. The fraction of sp³-hybridized carbons (Fsp3) is 0. The van der Waals surface area contributed by atoms with E-state index in [4.69, 9.17) is 31.6 Å². The molecule has 0 fully saturated rings. The summed E-state index contributed by atoms with van der Waals surface area (Å²) in [6, 6.07) is 96.4. The van der Waals surface area contributed by atoms with Gasteiger partial charge in [0.05, 0.1) is 45.5 Å². The van der Waals surface area contributed by atoms with Gasteiger partial charge in [0.2, 0.25) is 0 Å². The van der Waals surface area contributed by atoms with Crippen molar-refractivity contribution in [3.8, 4) is 67.4 Å². The molecular weight excluding hydrogens is 1160 g/mol. The van der Waals surface area contributed by atoms with Crippen LogP contribution < -0.4 is 44.8 Å². The van der Waals surface area contributed by atoms with E-state index in [9.17, 15) is 0 Å².